The van der Waals surface area contributed by atoms with Crippen molar-refractivity contribution in [3.63, 3.8) is 0 Å². The maximum Gasteiger partial charge on any atom is 0.220 e. The van der Waals surface area contributed by atoms with Crippen molar-refractivity contribution in [2.75, 3.05) is 33.5 Å². The van der Waals surface area contributed by atoms with Crippen molar-refractivity contribution in [2.45, 2.75) is 33.6 Å². The molecule has 0 saturated carbocycles. The summed E-state index contributed by atoms with van der Waals surface area (Å²) in [5.74, 6) is 0.102. The Bertz CT molecular complexity index is 187. The fraction of sp³-hybridized carbons (Fsp3) is 0.917. The van der Waals surface area contributed by atoms with Gasteiger partial charge in [-0.2, -0.15) is 0 Å². The van der Waals surface area contributed by atoms with Crippen LogP contribution >= 0.6 is 0 Å². The molecule has 0 bridgehead atoms. The van der Waals surface area contributed by atoms with Crippen LogP contribution in [0, 0.1) is 5.41 Å². The largest absolute Gasteiger partial charge is 0.382 e. The van der Waals surface area contributed by atoms with Gasteiger partial charge >= 0.3 is 0 Å². The number of amides is 1. The molecule has 1 amide bonds. The Morgan fingerprint density at radius 3 is 2.44 bits per heavy atom. The Balaban J connectivity index is 3.31. The highest BCUT2D eigenvalue weighted by Gasteiger charge is 2.12. The van der Waals surface area contributed by atoms with Crippen LogP contribution in [0.2, 0.25) is 0 Å². The monoisotopic (exact) mass is 231 g/mol. The zero-order valence-corrected chi connectivity index (χ0v) is 11.0. The van der Waals surface area contributed by atoms with Gasteiger partial charge in [-0.3, -0.25) is 4.79 Å². The van der Waals surface area contributed by atoms with Gasteiger partial charge in [-0.1, -0.05) is 20.8 Å². The summed E-state index contributed by atoms with van der Waals surface area (Å²) < 4.78 is 10.1. The Labute approximate surface area is 98.7 Å². The van der Waals surface area contributed by atoms with Crippen LogP contribution in [-0.4, -0.2) is 39.4 Å². The number of rotatable bonds is 8. The number of ether oxygens (including phenoxy) is 2. The maximum absolute atomic E-state index is 11.4. The molecule has 0 aromatic rings. The van der Waals surface area contributed by atoms with Gasteiger partial charge in [0.2, 0.25) is 5.91 Å². The first-order valence-corrected chi connectivity index (χ1v) is 5.79. The minimum absolute atomic E-state index is 0.102. The molecule has 0 aromatic heterocycles. The lowest BCUT2D eigenvalue weighted by molar-refractivity contribution is -0.121. The van der Waals surface area contributed by atoms with E-state index >= 15 is 0 Å². The van der Waals surface area contributed by atoms with Crippen molar-refractivity contribution < 1.29 is 14.3 Å². The summed E-state index contributed by atoms with van der Waals surface area (Å²) in [5, 5.41) is 2.83. The predicted octanol–water partition coefficient (Wildman–Crippen LogP) is 1.59. The standard InChI is InChI=1S/C12H25NO3/c1-12(2,3)6-5-11(14)13-7-8-16-10-9-15-4/h5-10H2,1-4H3,(H,13,14). The van der Waals surface area contributed by atoms with Crippen LogP contribution in [0.15, 0.2) is 0 Å². The molecular weight excluding hydrogens is 206 g/mol. The van der Waals surface area contributed by atoms with Crippen molar-refractivity contribution in [3.8, 4) is 0 Å². The second-order valence-corrected chi connectivity index (χ2v) is 5.02. The Morgan fingerprint density at radius 2 is 1.88 bits per heavy atom. The van der Waals surface area contributed by atoms with Crippen LogP contribution in [0.4, 0.5) is 0 Å². The molecule has 0 aliphatic rings. The number of methoxy groups -OCH3 is 1. The Kier molecular flexibility index (Phi) is 8.21. The maximum atomic E-state index is 11.4. The summed E-state index contributed by atoms with van der Waals surface area (Å²) in [6, 6.07) is 0. The lowest BCUT2D eigenvalue weighted by atomic mass is 9.90. The zero-order valence-electron chi connectivity index (χ0n) is 11.0. The average molecular weight is 231 g/mol. The van der Waals surface area contributed by atoms with Gasteiger partial charge in [0.1, 0.15) is 0 Å². The molecule has 4 heteroatoms. The molecule has 0 spiro atoms. The minimum atomic E-state index is 0.102. The van der Waals surface area contributed by atoms with Crippen LogP contribution in [-0.2, 0) is 14.3 Å². The third-order valence-electron chi connectivity index (χ3n) is 2.10. The SMILES string of the molecule is COCCOCCNC(=O)CCC(C)(C)C. The molecule has 0 aliphatic carbocycles. The highest BCUT2D eigenvalue weighted by molar-refractivity contribution is 5.75. The summed E-state index contributed by atoms with van der Waals surface area (Å²) >= 11 is 0. The Morgan fingerprint density at radius 1 is 1.19 bits per heavy atom. The molecule has 0 saturated heterocycles. The van der Waals surface area contributed by atoms with E-state index in [1.807, 2.05) is 0 Å². The minimum Gasteiger partial charge on any atom is -0.382 e. The summed E-state index contributed by atoms with van der Waals surface area (Å²) in [7, 11) is 1.64. The van der Waals surface area contributed by atoms with Crippen molar-refractivity contribution in [3.05, 3.63) is 0 Å². The number of hydrogen-bond acceptors (Lipinski definition) is 3. The van der Waals surface area contributed by atoms with E-state index in [2.05, 4.69) is 26.1 Å². The van der Waals surface area contributed by atoms with E-state index in [9.17, 15) is 4.79 Å². The third kappa shape index (κ3) is 11.5. The van der Waals surface area contributed by atoms with E-state index in [-0.39, 0.29) is 11.3 Å². The van der Waals surface area contributed by atoms with Gasteiger partial charge in [-0.25, -0.2) is 0 Å². The number of hydrogen-bond donors (Lipinski definition) is 1. The summed E-state index contributed by atoms with van der Waals surface area (Å²) in [6.45, 7) is 8.69. The summed E-state index contributed by atoms with van der Waals surface area (Å²) in [5.41, 5.74) is 0.215. The van der Waals surface area contributed by atoms with Gasteiger partial charge in [-0.15, -0.1) is 0 Å². The summed E-state index contributed by atoms with van der Waals surface area (Å²) in [4.78, 5) is 11.4. The van der Waals surface area contributed by atoms with Crippen molar-refractivity contribution >= 4 is 5.91 Å². The van der Waals surface area contributed by atoms with E-state index in [0.717, 1.165) is 6.42 Å². The molecule has 0 unspecified atom stereocenters. The van der Waals surface area contributed by atoms with Gasteiger partial charge in [-0.05, 0) is 11.8 Å². The van der Waals surface area contributed by atoms with Crippen LogP contribution in [0.25, 0.3) is 0 Å². The molecule has 0 radical (unpaired) electrons. The van der Waals surface area contributed by atoms with E-state index in [4.69, 9.17) is 9.47 Å². The molecule has 0 rings (SSSR count). The molecular formula is C12H25NO3. The van der Waals surface area contributed by atoms with Crippen molar-refractivity contribution in [2.24, 2.45) is 5.41 Å². The number of carbonyl (C=O) groups excluding carboxylic acids is 1. The topological polar surface area (TPSA) is 47.6 Å². The molecule has 1 N–H and O–H groups in total. The first kappa shape index (κ1) is 15.4. The molecule has 0 aliphatic heterocycles. The predicted molar refractivity (Wildman–Crippen MR) is 64.4 cm³/mol. The van der Waals surface area contributed by atoms with Crippen molar-refractivity contribution in [1.29, 1.82) is 0 Å². The molecule has 0 aromatic carbocycles. The molecule has 0 fully saturated rings. The second kappa shape index (κ2) is 8.53. The number of carbonyl (C=O) groups is 1. The lowest BCUT2D eigenvalue weighted by Crippen LogP contribution is -2.28. The highest BCUT2D eigenvalue weighted by Crippen LogP contribution is 2.19. The van der Waals surface area contributed by atoms with E-state index in [1.54, 1.807) is 7.11 Å². The summed E-state index contributed by atoms with van der Waals surface area (Å²) in [6.07, 6.45) is 1.49. The number of nitrogens with one attached hydrogen (secondary N) is 1. The van der Waals surface area contributed by atoms with Gasteiger partial charge in [0.15, 0.2) is 0 Å². The van der Waals surface area contributed by atoms with Gasteiger partial charge in [0.05, 0.1) is 19.8 Å². The molecule has 0 heterocycles. The highest BCUT2D eigenvalue weighted by atomic mass is 16.5. The van der Waals surface area contributed by atoms with Gasteiger partial charge in [0, 0.05) is 20.1 Å². The average Bonchev–Trinajstić information content (AvgIpc) is 2.19. The third-order valence-corrected chi connectivity index (χ3v) is 2.10. The molecule has 4 nitrogen and oxygen atoms in total. The molecule has 0 atom stereocenters. The van der Waals surface area contributed by atoms with Crippen LogP contribution in [0.5, 0.6) is 0 Å². The first-order valence-electron chi connectivity index (χ1n) is 5.79. The molecule has 96 valence electrons. The van der Waals surface area contributed by atoms with Crippen LogP contribution in [0.1, 0.15) is 33.6 Å². The zero-order chi connectivity index (χ0) is 12.4. The Hall–Kier alpha value is -0.610. The van der Waals surface area contributed by atoms with E-state index < -0.39 is 0 Å². The van der Waals surface area contributed by atoms with Crippen LogP contribution < -0.4 is 5.32 Å². The smallest absolute Gasteiger partial charge is 0.220 e. The van der Waals surface area contributed by atoms with E-state index in [1.165, 1.54) is 0 Å². The van der Waals surface area contributed by atoms with E-state index in [0.29, 0.717) is 32.8 Å². The second-order valence-electron chi connectivity index (χ2n) is 5.02. The van der Waals surface area contributed by atoms with Crippen LogP contribution in [0.3, 0.4) is 0 Å². The van der Waals surface area contributed by atoms with Gasteiger partial charge in [0.25, 0.3) is 0 Å². The fourth-order valence-electron chi connectivity index (χ4n) is 1.08. The first-order chi connectivity index (χ1) is 7.45. The quantitative estimate of drug-likeness (QED) is 0.645. The fourth-order valence-corrected chi connectivity index (χ4v) is 1.08. The normalized spacial score (nSPS) is 11.5. The van der Waals surface area contributed by atoms with Gasteiger partial charge < -0.3 is 14.8 Å². The molecule has 16 heavy (non-hydrogen) atoms. The van der Waals surface area contributed by atoms with Crippen molar-refractivity contribution in [1.82, 2.24) is 5.32 Å². The lowest BCUT2D eigenvalue weighted by Gasteiger charge is -2.17.